The Bertz CT molecular complexity index is 890. The number of hydrogen-bond donors (Lipinski definition) is 1. The Morgan fingerprint density at radius 1 is 0.750 bits per heavy atom. The van der Waals surface area contributed by atoms with Gasteiger partial charge in [-0.2, -0.15) is 10.5 Å². The zero-order valence-corrected chi connectivity index (χ0v) is 19.5. The second kappa shape index (κ2) is 14.4. The number of hydrogen-bond acceptors (Lipinski definition) is 8. The second-order valence-corrected chi connectivity index (χ2v) is 9.70. The molecule has 8 heteroatoms. The van der Waals surface area contributed by atoms with Gasteiger partial charge in [-0.1, -0.05) is 45.9 Å². The lowest BCUT2D eigenvalue weighted by Gasteiger charge is -2.21. The van der Waals surface area contributed by atoms with Crippen LogP contribution in [0, 0.1) is 22.7 Å². The van der Waals surface area contributed by atoms with Gasteiger partial charge in [-0.15, -0.1) is 0 Å². The standard InChI is InChI=1S/C24H26N4O2S2/c25-11-15-31-32-16-14-28(12-9-23(29)21-5-1-19(17-26)2-6-21)13-10-24(30)22-7-3-20(18-27)4-8-22/h1-8H,9-16,25H2. The first kappa shape index (κ1) is 25.6. The first-order chi connectivity index (χ1) is 15.6. The summed E-state index contributed by atoms with van der Waals surface area (Å²) in [5, 5.41) is 17.8. The number of nitriles is 2. The van der Waals surface area contributed by atoms with E-state index < -0.39 is 0 Å². The molecule has 0 radical (unpaired) electrons. The molecule has 2 rings (SSSR count). The summed E-state index contributed by atoms with van der Waals surface area (Å²) in [6, 6.07) is 17.4. The van der Waals surface area contributed by atoms with Crippen molar-refractivity contribution in [2.75, 3.05) is 37.7 Å². The third-order valence-corrected chi connectivity index (χ3v) is 7.18. The first-order valence-corrected chi connectivity index (χ1v) is 12.8. The lowest BCUT2D eigenvalue weighted by atomic mass is 10.1. The number of benzene rings is 2. The van der Waals surface area contributed by atoms with Gasteiger partial charge in [0, 0.05) is 61.7 Å². The Labute approximate surface area is 197 Å². The minimum absolute atomic E-state index is 0.0167. The van der Waals surface area contributed by atoms with Crippen LogP contribution in [-0.4, -0.2) is 54.2 Å². The molecule has 0 aromatic heterocycles. The smallest absolute Gasteiger partial charge is 0.164 e. The van der Waals surface area contributed by atoms with Crippen molar-refractivity contribution in [3.05, 3.63) is 70.8 Å². The van der Waals surface area contributed by atoms with Gasteiger partial charge in [0.15, 0.2) is 11.6 Å². The molecule has 0 saturated carbocycles. The zero-order valence-electron chi connectivity index (χ0n) is 17.8. The molecule has 2 aromatic carbocycles. The number of ketones is 2. The normalized spacial score (nSPS) is 10.5. The maximum atomic E-state index is 12.6. The summed E-state index contributed by atoms with van der Waals surface area (Å²) in [5.41, 5.74) is 7.75. The van der Waals surface area contributed by atoms with Gasteiger partial charge in [0.2, 0.25) is 0 Å². The van der Waals surface area contributed by atoms with Gasteiger partial charge >= 0.3 is 0 Å². The van der Waals surface area contributed by atoms with Crippen molar-refractivity contribution in [2.24, 2.45) is 5.73 Å². The molecular weight excluding hydrogens is 440 g/mol. The summed E-state index contributed by atoms with van der Waals surface area (Å²) < 4.78 is 0. The van der Waals surface area contributed by atoms with Gasteiger partial charge in [0.1, 0.15) is 0 Å². The number of rotatable bonds is 14. The fourth-order valence-electron chi connectivity index (χ4n) is 2.94. The maximum absolute atomic E-state index is 12.6. The predicted octanol–water partition coefficient (Wildman–Crippen LogP) is 3.92. The van der Waals surface area contributed by atoms with E-state index >= 15 is 0 Å². The summed E-state index contributed by atoms with van der Waals surface area (Å²) in [4.78, 5) is 27.3. The molecule has 0 atom stereocenters. The van der Waals surface area contributed by atoms with Crippen molar-refractivity contribution in [2.45, 2.75) is 12.8 Å². The molecule has 0 bridgehead atoms. The highest BCUT2D eigenvalue weighted by molar-refractivity contribution is 8.76. The van der Waals surface area contributed by atoms with E-state index in [-0.39, 0.29) is 11.6 Å². The molecule has 0 unspecified atom stereocenters. The van der Waals surface area contributed by atoms with Crippen molar-refractivity contribution >= 4 is 33.2 Å². The molecule has 0 spiro atoms. The van der Waals surface area contributed by atoms with E-state index in [0.29, 0.717) is 54.7 Å². The fraction of sp³-hybridized carbons (Fsp3) is 0.333. The Morgan fingerprint density at radius 3 is 1.59 bits per heavy atom. The summed E-state index contributed by atoms with van der Waals surface area (Å²) in [5.74, 6) is 1.80. The summed E-state index contributed by atoms with van der Waals surface area (Å²) in [6.45, 7) is 2.52. The molecular formula is C24H26N4O2S2. The lowest BCUT2D eigenvalue weighted by Crippen LogP contribution is -2.31. The molecule has 0 fully saturated rings. The molecule has 0 aliphatic heterocycles. The van der Waals surface area contributed by atoms with Crippen LogP contribution in [0.25, 0.3) is 0 Å². The van der Waals surface area contributed by atoms with Crippen LogP contribution in [-0.2, 0) is 0 Å². The number of nitrogens with zero attached hydrogens (tertiary/aromatic N) is 3. The molecule has 166 valence electrons. The molecule has 2 aromatic rings. The van der Waals surface area contributed by atoms with Gasteiger partial charge in [0.25, 0.3) is 0 Å². The average molecular weight is 467 g/mol. The van der Waals surface area contributed by atoms with E-state index in [1.165, 1.54) is 0 Å². The number of carbonyl (C=O) groups is 2. The second-order valence-electron chi connectivity index (χ2n) is 7.00. The van der Waals surface area contributed by atoms with Gasteiger partial charge in [0.05, 0.1) is 23.3 Å². The summed E-state index contributed by atoms with van der Waals surface area (Å²) in [6.07, 6.45) is 0.690. The van der Waals surface area contributed by atoms with Gasteiger partial charge < -0.3 is 10.6 Å². The number of Topliss-reactive ketones (excluding diaryl/α,β-unsaturated/α-hetero) is 2. The van der Waals surface area contributed by atoms with Crippen LogP contribution in [0.15, 0.2) is 48.5 Å². The number of nitrogens with two attached hydrogens (primary N) is 1. The third-order valence-electron chi connectivity index (χ3n) is 4.76. The quantitative estimate of drug-likeness (QED) is 0.253. The average Bonchev–Trinajstić information content (AvgIpc) is 2.84. The molecule has 2 N–H and O–H groups in total. The Balaban J connectivity index is 1.91. The van der Waals surface area contributed by atoms with Crippen molar-refractivity contribution in [3.63, 3.8) is 0 Å². The minimum Gasteiger partial charge on any atom is -0.330 e. The molecule has 0 heterocycles. The summed E-state index contributed by atoms with van der Waals surface area (Å²) in [7, 11) is 3.46. The largest absolute Gasteiger partial charge is 0.330 e. The van der Waals surface area contributed by atoms with Crippen LogP contribution < -0.4 is 5.73 Å². The van der Waals surface area contributed by atoms with E-state index in [4.69, 9.17) is 16.3 Å². The molecule has 0 amide bonds. The van der Waals surface area contributed by atoms with E-state index in [0.717, 1.165) is 18.1 Å². The van der Waals surface area contributed by atoms with Gasteiger partial charge in [-0.25, -0.2) is 0 Å². The number of carbonyl (C=O) groups excluding carboxylic acids is 2. The molecule has 0 saturated heterocycles. The lowest BCUT2D eigenvalue weighted by molar-refractivity contribution is 0.0950. The van der Waals surface area contributed by atoms with Crippen LogP contribution in [0.1, 0.15) is 44.7 Å². The maximum Gasteiger partial charge on any atom is 0.164 e. The first-order valence-electron chi connectivity index (χ1n) is 10.3. The topological polar surface area (TPSA) is 111 Å². The van der Waals surface area contributed by atoms with Crippen molar-refractivity contribution in [1.82, 2.24) is 4.90 Å². The molecule has 32 heavy (non-hydrogen) atoms. The highest BCUT2D eigenvalue weighted by atomic mass is 33.1. The van der Waals surface area contributed by atoms with E-state index in [1.54, 1.807) is 70.1 Å². The van der Waals surface area contributed by atoms with Crippen LogP contribution in [0.4, 0.5) is 0 Å². The van der Waals surface area contributed by atoms with E-state index in [1.807, 2.05) is 12.1 Å². The highest BCUT2D eigenvalue weighted by Gasteiger charge is 2.13. The molecule has 6 nitrogen and oxygen atoms in total. The zero-order chi connectivity index (χ0) is 23.2. The Morgan fingerprint density at radius 2 is 1.19 bits per heavy atom. The van der Waals surface area contributed by atoms with Crippen molar-refractivity contribution in [1.29, 1.82) is 10.5 Å². The van der Waals surface area contributed by atoms with Crippen LogP contribution in [0.5, 0.6) is 0 Å². The van der Waals surface area contributed by atoms with Crippen LogP contribution >= 0.6 is 21.6 Å². The Hall–Kier alpha value is -2.62. The highest BCUT2D eigenvalue weighted by Crippen LogP contribution is 2.20. The van der Waals surface area contributed by atoms with Crippen LogP contribution in [0.2, 0.25) is 0 Å². The van der Waals surface area contributed by atoms with E-state index in [2.05, 4.69) is 4.90 Å². The van der Waals surface area contributed by atoms with Crippen molar-refractivity contribution in [3.8, 4) is 12.1 Å². The third kappa shape index (κ3) is 8.86. The SMILES string of the molecule is N#Cc1ccc(C(=O)CCN(CCSSCCN)CCC(=O)c2ccc(C#N)cc2)cc1. The predicted molar refractivity (Wildman–Crippen MR) is 131 cm³/mol. The van der Waals surface area contributed by atoms with Crippen molar-refractivity contribution < 1.29 is 9.59 Å². The monoisotopic (exact) mass is 466 g/mol. The minimum atomic E-state index is 0.0167. The Kier molecular flexibility index (Phi) is 11.6. The fourth-order valence-corrected chi connectivity index (χ4v) is 4.82. The van der Waals surface area contributed by atoms with E-state index in [9.17, 15) is 9.59 Å². The summed E-state index contributed by atoms with van der Waals surface area (Å²) >= 11 is 0. The van der Waals surface area contributed by atoms with Gasteiger partial charge in [-0.3, -0.25) is 9.59 Å². The van der Waals surface area contributed by atoms with Gasteiger partial charge in [-0.05, 0) is 24.3 Å². The molecule has 0 aliphatic carbocycles. The molecule has 0 aliphatic rings. The van der Waals surface area contributed by atoms with Crippen LogP contribution in [0.3, 0.4) is 0 Å².